The normalized spacial score (nSPS) is 18.9. The first-order chi connectivity index (χ1) is 29.8. The zero-order chi connectivity index (χ0) is 46.1. The van der Waals surface area contributed by atoms with Crippen molar-refractivity contribution in [1.29, 1.82) is 0 Å². The van der Waals surface area contributed by atoms with Crippen LogP contribution in [0.25, 0.3) is 10.9 Å². The van der Waals surface area contributed by atoms with Gasteiger partial charge in [-0.15, -0.1) is 0 Å². The lowest BCUT2D eigenvalue weighted by Crippen LogP contribution is -2.62. The van der Waals surface area contributed by atoms with E-state index in [1.807, 2.05) is 4.98 Å². The lowest BCUT2D eigenvalue weighted by molar-refractivity contribution is -0.139. The van der Waals surface area contributed by atoms with Crippen LogP contribution in [-0.2, 0) is 41.6 Å². The first-order valence-corrected chi connectivity index (χ1v) is 19.4. The summed E-state index contributed by atoms with van der Waals surface area (Å²) in [6.45, 7) is 1.38. The van der Waals surface area contributed by atoms with Crippen molar-refractivity contribution >= 4 is 46.5 Å². The Labute approximate surface area is 357 Å². The van der Waals surface area contributed by atoms with Crippen LogP contribution in [0.4, 0.5) is 4.79 Å². The van der Waals surface area contributed by atoms with E-state index < -0.39 is 114 Å². The number of phenolic OH excluding ortho intramolecular Hbond substituents is 1. The molecule has 0 spiro atoms. The van der Waals surface area contributed by atoms with Crippen molar-refractivity contribution in [3.05, 3.63) is 111 Å². The molecule has 0 radical (unpaired) electrons. The van der Waals surface area contributed by atoms with Gasteiger partial charge in [-0.25, -0.2) is 14.4 Å². The van der Waals surface area contributed by atoms with Crippen LogP contribution in [0.5, 0.6) is 5.75 Å². The number of aromatic hydroxyl groups is 1. The second-order valence-corrected chi connectivity index (χ2v) is 14.8. The Kier molecular flexibility index (Phi) is 15.1. The highest BCUT2D eigenvalue weighted by atomic mass is 16.6. The maximum atomic E-state index is 14.0. The summed E-state index contributed by atoms with van der Waals surface area (Å²) in [5, 5.41) is 51.4. The van der Waals surface area contributed by atoms with Crippen molar-refractivity contribution in [2.75, 3.05) is 7.05 Å². The van der Waals surface area contributed by atoms with Crippen LogP contribution in [0.1, 0.15) is 37.1 Å². The number of aliphatic carboxylic acids is 1. The molecule has 0 unspecified atom stereocenters. The number of H-pyrrole nitrogens is 2. The van der Waals surface area contributed by atoms with E-state index >= 15 is 0 Å². The number of aliphatic hydroxyl groups excluding tert-OH is 2. The van der Waals surface area contributed by atoms with Crippen LogP contribution in [-0.4, -0.2) is 125 Å². The number of rotatable bonds is 18. The number of carboxylic acids is 1. The van der Waals surface area contributed by atoms with Gasteiger partial charge in [0.25, 0.3) is 5.56 Å². The molecular formula is C40H48N10O13. The predicted molar refractivity (Wildman–Crippen MR) is 221 cm³/mol. The number of carboxylic acid groups (broad SMARTS) is 1. The molecule has 63 heavy (non-hydrogen) atoms. The number of phenols is 1. The molecule has 1 fully saturated rings. The summed E-state index contributed by atoms with van der Waals surface area (Å²) in [4.78, 5) is 109. The first kappa shape index (κ1) is 46.6. The molecule has 23 heteroatoms. The van der Waals surface area contributed by atoms with Crippen molar-refractivity contribution in [1.82, 2.24) is 40.7 Å². The number of fused-ring (bicyclic) bond motifs is 1. The van der Waals surface area contributed by atoms with Crippen molar-refractivity contribution in [3.8, 4) is 5.75 Å². The molecular weight excluding hydrogens is 828 g/mol. The van der Waals surface area contributed by atoms with E-state index in [-0.39, 0.29) is 18.6 Å². The molecule has 14 N–H and O–H groups in total. The van der Waals surface area contributed by atoms with Crippen molar-refractivity contribution in [2.24, 2.45) is 11.5 Å². The van der Waals surface area contributed by atoms with Gasteiger partial charge in [0.2, 0.25) is 29.9 Å². The summed E-state index contributed by atoms with van der Waals surface area (Å²) in [6.07, 6.45) is -2.75. The number of aromatic nitrogens is 3. The van der Waals surface area contributed by atoms with Crippen LogP contribution in [0.3, 0.4) is 0 Å². The van der Waals surface area contributed by atoms with Crippen LogP contribution in [0.15, 0.2) is 88.5 Å². The molecule has 23 nitrogen and oxygen atoms in total. The predicted octanol–water partition coefficient (Wildman–Crippen LogP) is -2.54. The highest BCUT2D eigenvalue weighted by molar-refractivity contribution is 5.94. The number of ether oxygens (including phenoxy) is 1. The molecule has 3 heterocycles. The van der Waals surface area contributed by atoms with Gasteiger partial charge in [-0.1, -0.05) is 30.3 Å². The Bertz CT molecular complexity index is 2500. The number of benzene rings is 2. The zero-order valence-corrected chi connectivity index (χ0v) is 33.9. The molecule has 0 aliphatic carbocycles. The van der Waals surface area contributed by atoms with E-state index in [2.05, 4.69) is 26.3 Å². The third kappa shape index (κ3) is 11.7. The summed E-state index contributed by atoms with van der Waals surface area (Å²) < 4.78 is 6.34. The van der Waals surface area contributed by atoms with Gasteiger partial charge in [-0.2, -0.15) is 0 Å². The smallest absolute Gasteiger partial charge is 0.331 e. The number of aromatic amines is 2. The van der Waals surface area contributed by atoms with Crippen LogP contribution in [0, 0.1) is 0 Å². The quantitative estimate of drug-likeness (QED) is 0.0491. The number of para-hydroxylation sites is 1. The number of nitrogens with two attached hydrogens (primary N) is 2. The molecule has 0 bridgehead atoms. The van der Waals surface area contributed by atoms with Gasteiger partial charge in [0, 0.05) is 55.5 Å². The molecule has 1 aliphatic heterocycles. The standard InChI is InChI=1S/C40H48N10O13/c1-19(49(2)36(58)24(41)15-20-6-5-7-22(51)14-20)31(35(57)44-18-28-32(54)33(55)37(63-28)50-13-12-30(53)47-40(50)62)48-34(56)26(10-11-29(42)52)45-39(61)46-27(38(59)60)16-21-17-43-25-9-4-3-8-23(21)25/h3-9,12-14,17-19,24,26-27,31-33,37,43,51,54-55H,10-11,15-16,41H2,1-2H3,(H2,42,52)(H,44,57)(H,48,56)(H,59,60)(H2,45,46,61)(H,47,53,62)/b28-18-/t19-,24-,26-,27-,31-,32+,33+,37+/m0/s1. The minimum atomic E-state index is -1.81. The van der Waals surface area contributed by atoms with E-state index in [4.69, 9.17) is 16.2 Å². The van der Waals surface area contributed by atoms with E-state index in [0.717, 1.165) is 38.8 Å². The number of urea groups is 1. The minimum Gasteiger partial charge on any atom is -0.508 e. The number of hydrogen-bond acceptors (Lipinski definition) is 13. The number of carbonyl (C=O) groups excluding carboxylic acids is 5. The molecule has 2 aromatic heterocycles. The number of primary amides is 1. The third-order valence-corrected chi connectivity index (χ3v) is 10.4. The zero-order valence-electron chi connectivity index (χ0n) is 33.9. The molecule has 5 rings (SSSR count). The summed E-state index contributed by atoms with van der Waals surface area (Å²) in [5.41, 5.74) is 11.7. The van der Waals surface area contributed by atoms with Crippen molar-refractivity contribution in [3.63, 3.8) is 0 Å². The largest absolute Gasteiger partial charge is 0.508 e. The first-order valence-electron chi connectivity index (χ1n) is 19.4. The van der Waals surface area contributed by atoms with Crippen LogP contribution < -0.4 is 44.0 Å². The second-order valence-electron chi connectivity index (χ2n) is 14.8. The lowest BCUT2D eigenvalue weighted by atomic mass is 10.0. The van der Waals surface area contributed by atoms with Gasteiger partial charge in [-0.3, -0.25) is 33.5 Å². The minimum absolute atomic E-state index is 0.0391. The fourth-order valence-electron chi connectivity index (χ4n) is 6.81. The van der Waals surface area contributed by atoms with Gasteiger partial charge in [-0.05, 0) is 49.1 Å². The average molecular weight is 877 g/mol. The SMILES string of the molecule is C[C@@H]([C@H](NC(=O)[C@H](CCC(N)=O)NC(=O)N[C@@H](Cc1c[nH]c2ccccc12)C(=O)O)C(=O)N/C=C1\O[C@@H](n2ccc(=O)[nH]c2=O)[C@H](O)[C@@H]1O)N(C)C(=O)[C@@H](N)Cc1cccc(O)c1. The molecule has 4 aromatic rings. The van der Waals surface area contributed by atoms with Gasteiger partial charge < -0.3 is 67.8 Å². The molecule has 6 amide bonds. The fraction of sp³-hybridized carbons (Fsp3) is 0.350. The van der Waals surface area contributed by atoms with Crippen LogP contribution in [0.2, 0.25) is 0 Å². The molecule has 336 valence electrons. The number of aliphatic hydroxyl groups is 2. The molecule has 2 aromatic carbocycles. The van der Waals surface area contributed by atoms with E-state index in [0.29, 0.717) is 11.1 Å². The van der Waals surface area contributed by atoms with Gasteiger partial charge in [0.05, 0.1) is 12.1 Å². The van der Waals surface area contributed by atoms with Crippen molar-refractivity contribution in [2.45, 2.75) is 81.3 Å². The van der Waals surface area contributed by atoms with E-state index in [9.17, 15) is 58.8 Å². The monoisotopic (exact) mass is 876 g/mol. The molecule has 1 saturated heterocycles. The third-order valence-electron chi connectivity index (χ3n) is 10.4. The number of nitrogens with one attached hydrogen (secondary N) is 6. The van der Waals surface area contributed by atoms with E-state index in [1.54, 1.807) is 42.6 Å². The highest BCUT2D eigenvalue weighted by Crippen LogP contribution is 2.30. The number of nitrogens with zero attached hydrogens (tertiary/aromatic N) is 2. The average Bonchev–Trinajstić information content (AvgIpc) is 3.77. The molecule has 8 atom stereocenters. The Hall–Kier alpha value is -7.50. The Balaban J connectivity index is 1.38. The van der Waals surface area contributed by atoms with E-state index in [1.165, 1.54) is 26.1 Å². The number of amides is 6. The second kappa shape index (κ2) is 20.4. The number of hydrogen-bond donors (Lipinski definition) is 12. The Morgan fingerprint density at radius 3 is 2.37 bits per heavy atom. The fourth-order valence-corrected chi connectivity index (χ4v) is 6.81. The summed E-state index contributed by atoms with van der Waals surface area (Å²) in [5.74, 6) is -5.62. The lowest BCUT2D eigenvalue weighted by Gasteiger charge is -2.34. The van der Waals surface area contributed by atoms with Gasteiger partial charge >= 0.3 is 17.7 Å². The maximum Gasteiger partial charge on any atom is 0.331 e. The number of likely N-dealkylation sites (N-methyl/N-ethyl adjacent to an activating group) is 1. The topological polar surface area (TPSA) is 367 Å². The van der Waals surface area contributed by atoms with Gasteiger partial charge in [0.15, 0.2) is 0 Å². The maximum absolute atomic E-state index is 14.0. The summed E-state index contributed by atoms with van der Waals surface area (Å²) in [7, 11) is 1.29. The molecule has 1 aliphatic rings. The summed E-state index contributed by atoms with van der Waals surface area (Å²) in [6, 6.07) is 5.67. The van der Waals surface area contributed by atoms with Crippen molar-refractivity contribution < 1.29 is 53.9 Å². The molecule has 0 saturated carbocycles. The van der Waals surface area contributed by atoms with Gasteiger partial charge in [0.1, 0.15) is 41.8 Å². The number of carbonyl (C=O) groups is 6. The van der Waals surface area contributed by atoms with Crippen LogP contribution >= 0.6 is 0 Å². The Morgan fingerprint density at radius 2 is 1.68 bits per heavy atom. The Morgan fingerprint density at radius 1 is 0.968 bits per heavy atom. The summed E-state index contributed by atoms with van der Waals surface area (Å²) >= 11 is 0. The highest BCUT2D eigenvalue weighted by Gasteiger charge is 2.42.